The molecule has 2 aliphatic heterocycles. The van der Waals surface area contributed by atoms with E-state index in [4.69, 9.17) is 4.52 Å². The summed E-state index contributed by atoms with van der Waals surface area (Å²) in [5.41, 5.74) is 1.13. The van der Waals surface area contributed by atoms with Gasteiger partial charge in [0, 0.05) is 38.2 Å². The van der Waals surface area contributed by atoms with Crippen molar-refractivity contribution in [3.63, 3.8) is 0 Å². The first-order valence-electron chi connectivity index (χ1n) is 11.3. The summed E-state index contributed by atoms with van der Waals surface area (Å²) in [6.07, 6.45) is 8.05. The molecule has 2 aliphatic rings. The average molecular weight is 415 g/mol. The Morgan fingerprint density at radius 3 is 2.70 bits per heavy atom. The largest absolute Gasteiger partial charge is 0.368 e. The number of hydrogen-bond donors (Lipinski definition) is 0. The van der Waals surface area contributed by atoms with Crippen LogP contribution in [0.5, 0.6) is 0 Å². The number of carbonyl (C=O) groups excluding carboxylic acids is 1. The van der Waals surface area contributed by atoms with Crippen molar-refractivity contribution in [1.82, 2.24) is 15.0 Å². The van der Waals surface area contributed by atoms with Crippen LogP contribution in [0.2, 0.25) is 0 Å². The maximum absolute atomic E-state index is 15.0. The number of aryl methyl sites for hydroxylation is 1. The molecule has 0 N–H and O–H groups in total. The van der Waals surface area contributed by atoms with Gasteiger partial charge in [-0.2, -0.15) is 4.98 Å². The standard InChI is InChI=1S/C23H31FN4O2/c1-2-8-21-25-22(30-26-21)17-10-11-20(19(24)15-17)28-14-7-9-18(16-28)23(29)27-12-5-3-4-6-13-27/h10-11,15,18H,2-9,12-14,16H2,1H3. The molecule has 0 spiro atoms. The van der Waals surface area contributed by atoms with Crippen LogP contribution in [0.3, 0.4) is 0 Å². The van der Waals surface area contributed by atoms with Crippen molar-refractivity contribution in [3.05, 3.63) is 29.8 Å². The van der Waals surface area contributed by atoms with Crippen molar-refractivity contribution in [3.8, 4) is 11.5 Å². The molecule has 1 unspecified atom stereocenters. The second kappa shape index (κ2) is 9.58. The molecule has 3 heterocycles. The number of benzene rings is 1. The van der Waals surface area contributed by atoms with Crippen molar-refractivity contribution in [2.75, 3.05) is 31.1 Å². The lowest BCUT2D eigenvalue weighted by atomic mass is 9.95. The van der Waals surface area contributed by atoms with Crippen molar-refractivity contribution in [2.45, 2.75) is 58.3 Å². The molecule has 4 rings (SSSR count). The van der Waals surface area contributed by atoms with E-state index in [1.165, 1.54) is 18.9 Å². The van der Waals surface area contributed by atoms with Crippen LogP contribution in [0.4, 0.5) is 10.1 Å². The van der Waals surface area contributed by atoms with Gasteiger partial charge in [-0.3, -0.25) is 4.79 Å². The highest BCUT2D eigenvalue weighted by Gasteiger charge is 2.30. The predicted octanol–water partition coefficient (Wildman–Crippen LogP) is 4.45. The summed E-state index contributed by atoms with van der Waals surface area (Å²) in [5, 5.41) is 3.94. The molecule has 7 heteroatoms. The number of rotatable bonds is 5. The van der Waals surface area contributed by atoms with Crippen LogP contribution < -0.4 is 4.90 Å². The minimum Gasteiger partial charge on any atom is -0.368 e. The molecule has 2 fully saturated rings. The molecule has 2 aromatic rings. The Bertz CT molecular complexity index is 861. The number of anilines is 1. The van der Waals surface area contributed by atoms with Crippen LogP contribution in [0.1, 0.15) is 57.7 Å². The quantitative estimate of drug-likeness (QED) is 0.723. The molecule has 1 amide bonds. The fraction of sp³-hybridized carbons (Fsp3) is 0.609. The van der Waals surface area contributed by atoms with Gasteiger partial charge in [0.1, 0.15) is 5.82 Å². The summed E-state index contributed by atoms with van der Waals surface area (Å²) in [6, 6.07) is 5.05. The topological polar surface area (TPSA) is 62.5 Å². The highest BCUT2D eigenvalue weighted by atomic mass is 19.1. The minimum atomic E-state index is -0.314. The fourth-order valence-corrected chi connectivity index (χ4v) is 4.54. The van der Waals surface area contributed by atoms with Crippen LogP contribution >= 0.6 is 0 Å². The van der Waals surface area contributed by atoms with Crippen molar-refractivity contribution in [2.24, 2.45) is 5.92 Å². The molecule has 0 saturated carbocycles. The Morgan fingerprint density at radius 2 is 1.97 bits per heavy atom. The van der Waals surface area contributed by atoms with Crippen molar-refractivity contribution < 1.29 is 13.7 Å². The van der Waals surface area contributed by atoms with Crippen molar-refractivity contribution in [1.29, 1.82) is 0 Å². The minimum absolute atomic E-state index is 0.0523. The Balaban J connectivity index is 1.45. The van der Waals surface area contributed by atoms with E-state index in [0.717, 1.165) is 58.2 Å². The van der Waals surface area contributed by atoms with E-state index in [2.05, 4.69) is 10.1 Å². The Hall–Kier alpha value is -2.44. The monoisotopic (exact) mass is 414 g/mol. The second-order valence-electron chi connectivity index (χ2n) is 8.46. The molecule has 1 aromatic heterocycles. The van der Waals surface area contributed by atoms with E-state index in [0.29, 0.717) is 29.5 Å². The van der Waals surface area contributed by atoms with Gasteiger partial charge in [-0.15, -0.1) is 0 Å². The summed E-state index contributed by atoms with van der Waals surface area (Å²) in [5.74, 6) is 0.863. The molecular formula is C23H31FN4O2. The van der Waals surface area contributed by atoms with Gasteiger partial charge in [0.05, 0.1) is 11.6 Å². The summed E-state index contributed by atoms with van der Waals surface area (Å²) in [4.78, 5) is 21.4. The van der Waals surface area contributed by atoms with Gasteiger partial charge >= 0.3 is 0 Å². The van der Waals surface area contributed by atoms with Crippen LogP contribution in [-0.2, 0) is 11.2 Å². The lowest BCUT2D eigenvalue weighted by Crippen LogP contribution is -2.45. The van der Waals surface area contributed by atoms with Gasteiger partial charge in [-0.1, -0.05) is 24.9 Å². The highest BCUT2D eigenvalue weighted by molar-refractivity contribution is 5.80. The van der Waals surface area contributed by atoms with Gasteiger partial charge < -0.3 is 14.3 Å². The number of amides is 1. The maximum atomic E-state index is 15.0. The highest BCUT2D eigenvalue weighted by Crippen LogP contribution is 2.30. The zero-order chi connectivity index (χ0) is 20.9. The number of likely N-dealkylation sites (tertiary alicyclic amines) is 1. The Labute approximate surface area is 177 Å². The van der Waals surface area contributed by atoms with Gasteiger partial charge in [-0.25, -0.2) is 4.39 Å². The number of hydrogen-bond acceptors (Lipinski definition) is 5. The van der Waals surface area contributed by atoms with E-state index in [9.17, 15) is 9.18 Å². The van der Waals surface area contributed by atoms with E-state index in [1.807, 2.05) is 22.8 Å². The maximum Gasteiger partial charge on any atom is 0.258 e. The van der Waals surface area contributed by atoms with E-state index < -0.39 is 0 Å². The van der Waals surface area contributed by atoms with Crippen LogP contribution in [0.15, 0.2) is 22.7 Å². The third kappa shape index (κ3) is 4.65. The fourth-order valence-electron chi connectivity index (χ4n) is 4.54. The Morgan fingerprint density at radius 1 is 1.17 bits per heavy atom. The number of nitrogens with zero attached hydrogens (tertiary/aromatic N) is 4. The molecule has 1 atom stereocenters. The molecule has 2 saturated heterocycles. The summed E-state index contributed by atoms with van der Waals surface area (Å²) >= 11 is 0. The smallest absolute Gasteiger partial charge is 0.258 e. The lowest BCUT2D eigenvalue weighted by Gasteiger charge is -2.36. The number of halogens is 1. The van der Waals surface area contributed by atoms with Gasteiger partial charge in [0.15, 0.2) is 5.82 Å². The number of carbonyl (C=O) groups is 1. The lowest BCUT2D eigenvalue weighted by molar-refractivity contribution is -0.135. The summed E-state index contributed by atoms with van der Waals surface area (Å²) in [7, 11) is 0. The van der Waals surface area contributed by atoms with Crippen molar-refractivity contribution >= 4 is 11.6 Å². The first-order chi connectivity index (χ1) is 14.7. The zero-order valence-electron chi connectivity index (χ0n) is 17.8. The van der Waals surface area contributed by atoms with Gasteiger partial charge in [-0.05, 0) is 50.3 Å². The molecule has 0 bridgehead atoms. The molecule has 0 aliphatic carbocycles. The third-order valence-electron chi connectivity index (χ3n) is 6.17. The molecular weight excluding hydrogens is 383 g/mol. The molecule has 0 radical (unpaired) electrons. The molecule has 162 valence electrons. The molecule has 6 nitrogen and oxygen atoms in total. The van der Waals surface area contributed by atoms with Gasteiger partial charge in [0.25, 0.3) is 5.89 Å². The van der Waals surface area contributed by atoms with Crippen LogP contribution in [0, 0.1) is 11.7 Å². The third-order valence-corrected chi connectivity index (χ3v) is 6.17. The van der Waals surface area contributed by atoms with Crippen LogP contribution in [-0.4, -0.2) is 47.1 Å². The van der Waals surface area contributed by atoms with E-state index in [-0.39, 0.29) is 17.6 Å². The SMILES string of the molecule is CCCc1noc(-c2ccc(N3CCCC(C(=O)N4CCCCCC4)C3)c(F)c2)n1. The van der Waals surface area contributed by atoms with E-state index >= 15 is 0 Å². The summed E-state index contributed by atoms with van der Waals surface area (Å²) < 4.78 is 20.3. The number of piperidine rings is 1. The van der Waals surface area contributed by atoms with Crippen LogP contribution in [0.25, 0.3) is 11.5 Å². The normalized spacial score (nSPS) is 20.3. The second-order valence-corrected chi connectivity index (χ2v) is 8.46. The Kier molecular flexibility index (Phi) is 6.65. The van der Waals surface area contributed by atoms with Gasteiger partial charge in [0.2, 0.25) is 5.91 Å². The average Bonchev–Trinajstić information content (AvgIpc) is 3.06. The van der Waals surface area contributed by atoms with E-state index in [1.54, 1.807) is 6.07 Å². The predicted molar refractivity (Wildman–Crippen MR) is 114 cm³/mol. The zero-order valence-corrected chi connectivity index (χ0v) is 17.8. The molecule has 30 heavy (non-hydrogen) atoms. The molecule has 1 aromatic carbocycles. The summed E-state index contributed by atoms with van der Waals surface area (Å²) in [6.45, 7) is 5.12. The number of aromatic nitrogens is 2. The first kappa shape index (κ1) is 20.8. The first-order valence-corrected chi connectivity index (χ1v) is 11.3.